The maximum absolute atomic E-state index is 11.9. The van der Waals surface area contributed by atoms with E-state index in [2.05, 4.69) is 31.6 Å². The van der Waals surface area contributed by atoms with Crippen LogP contribution >= 0.6 is 24.0 Å². The van der Waals surface area contributed by atoms with Crippen LogP contribution in [0.4, 0.5) is 5.82 Å². The van der Waals surface area contributed by atoms with Crippen molar-refractivity contribution in [2.45, 2.75) is 45.1 Å². The lowest BCUT2D eigenvalue weighted by Gasteiger charge is -2.34. The molecule has 3 rings (SSSR count). The number of aryl methyl sites for hydroxylation is 1. The molecule has 8 nitrogen and oxygen atoms in total. The third-order valence-corrected chi connectivity index (χ3v) is 5.27. The molecule has 1 aromatic rings. The zero-order valence-corrected chi connectivity index (χ0v) is 19.5. The topological polar surface area (TPSA) is 89.9 Å². The minimum Gasteiger partial charge on any atom is -0.356 e. The number of imide groups is 1. The highest BCUT2D eigenvalue weighted by atomic mass is 127. The molecule has 0 bridgehead atoms. The van der Waals surface area contributed by atoms with Gasteiger partial charge < -0.3 is 15.5 Å². The summed E-state index contributed by atoms with van der Waals surface area (Å²) >= 11 is 0. The molecular weight excluding hydrogens is 483 g/mol. The molecule has 0 saturated carbocycles. The zero-order valence-electron chi connectivity index (χ0n) is 17.2. The van der Waals surface area contributed by atoms with E-state index >= 15 is 0 Å². The molecule has 9 heteroatoms. The molecule has 2 saturated heterocycles. The number of guanidine groups is 1. The first-order chi connectivity index (χ1) is 13.6. The second-order valence-electron chi connectivity index (χ2n) is 7.33. The number of likely N-dealkylation sites (tertiary alicyclic amines) is 1. The van der Waals surface area contributed by atoms with Crippen molar-refractivity contribution in [2.75, 3.05) is 38.1 Å². The first-order valence-electron chi connectivity index (χ1n) is 10.1. The monoisotopic (exact) mass is 514 g/mol. The molecule has 2 N–H and O–H groups in total. The second-order valence-corrected chi connectivity index (χ2v) is 7.33. The SMILES string of the molecule is CN=C(NCCN1C(=O)CCCC1=O)NC1CCN(c2cccc(C)n2)CC1.I. The lowest BCUT2D eigenvalue weighted by atomic mass is 10.1. The normalized spacial score (nSPS) is 18.5. The molecule has 2 amide bonds. The van der Waals surface area contributed by atoms with Crippen LogP contribution < -0.4 is 15.5 Å². The summed E-state index contributed by atoms with van der Waals surface area (Å²) in [6.45, 7) is 4.79. The number of amides is 2. The van der Waals surface area contributed by atoms with Crippen LogP contribution in [0.2, 0.25) is 0 Å². The summed E-state index contributed by atoms with van der Waals surface area (Å²) in [6.07, 6.45) is 3.60. The molecule has 2 fully saturated rings. The predicted molar refractivity (Wildman–Crippen MR) is 125 cm³/mol. The minimum absolute atomic E-state index is 0. The number of halogens is 1. The van der Waals surface area contributed by atoms with Gasteiger partial charge in [-0.2, -0.15) is 0 Å². The summed E-state index contributed by atoms with van der Waals surface area (Å²) in [5.41, 5.74) is 1.04. The summed E-state index contributed by atoms with van der Waals surface area (Å²) in [5.74, 6) is 1.61. The molecule has 0 unspecified atom stereocenters. The van der Waals surface area contributed by atoms with E-state index in [9.17, 15) is 9.59 Å². The zero-order chi connectivity index (χ0) is 19.9. The quantitative estimate of drug-likeness (QED) is 0.269. The Morgan fingerprint density at radius 2 is 1.90 bits per heavy atom. The van der Waals surface area contributed by atoms with Crippen molar-refractivity contribution in [3.05, 3.63) is 23.9 Å². The van der Waals surface area contributed by atoms with Gasteiger partial charge in [-0.05, 0) is 38.3 Å². The van der Waals surface area contributed by atoms with Crippen molar-refractivity contribution in [3.8, 4) is 0 Å². The third-order valence-electron chi connectivity index (χ3n) is 5.27. The number of rotatable bonds is 5. The summed E-state index contributed by atoms with van der Waals surface area (Å²) in [7, 11) is 1.73. The fourth-order valence-electron chi connectivity index (χ4n) is 3.68. The average molecular weight is 514 g/mol. The summed E-state index contributed by atoms with van der Waals surface area (Å²) in [6, 6.07) is 6.46. The van der Waals surface area contributed by atoms with Gasteiger partial charge >= 0.3 is 0 Å². The number of carbonyl (C=O) groups excluding carboxylic acids is 2. The summed E-state index contributed by atoms with van der Waals surface area (Å²) in [5, 5.41) is 6.67. The molecule has 3 heterocycles. The molecule has 0 spiro atoms. The number of hydrogen-bond donors (Lipinski definition) is 2. The van der Waals surface area contributed by atoms with E-state index in [-0.39, 0.29) is 35.8 Å². The number of piperidine rings is 2. The molecule has 160 valence electrons. The Hall–Kier alpha value is -1.91. The van der Waals surface area contributed by atoms with E-state index in [1.54, 1.807) is 7.05 Å². The van der Waals surface area contributed by atoms with Gasteiger partial charge in [-0.15, -0.1) is 24.0 Å². The number of aliphatic imine (C=N–C) groups is 1. The van der Waals surface area contributed by atoms with Crippen LogP contribution in [0.15, 0.2) is 23.2 Å². The molecule has 0 aromatic carbocycles. The highest BCUT2D eigenvalue weighted by molar-refractivity contribution is 14.0. The molecule has 0 aliphatic carbocycles. The molecule has 0 atom stereocenters. The van der Waals surface area contributed by atoms with E-state index in [0.717, 1.165) is 37.4 Å². The van der Waals surface area contributed by atoms with Crippen molar-refractivity contribution in [1.82, 2.24) is 20.5 Å². The van der Waals surface area contributed by atoms with Crippen LogP contribution in [0.25, 0.3) is 0 Å². The molecule has 2 aliphatic rings. The number of nitrogens with zero attached hydrogens (tertiary/aromatic N) is 4. The van der Waals surface area contributed by atoms with Crippen LogP contribution in [0.3, 0.4) is 0 Å². The molecular formula is C20H31IN6O2. The molecule has 1 aromatic heterocycles. The average Bonchev–Trinajstić information content (AvgIpc) is 2.70. The standard InChI is InChI=1S/C20H30N6O2.HI/c1-15-5-3-6-17(23-15)25-12-9-16(10-13-25)24-20(21-2)22-11-14-26-18(27)7-4-8-19(26)28;/h3,5-6,16H,4,7-14H2,1-2H3,(H2,21,22,24);1H. The number of pyridine rings is 1. The summed E-state index contributed by atoms with van der Waals surface area (Å²) in [4.78, 5) is 36.3. The number of aromatic nitrogens is 1. The van der Waals surface area contributed by atoms with E-state index in [4.69, 9.17) is 0 Å². The fraction of sp³-hybridized carbons (Fsp3) is 0.600. The Labute approximate surface area is 189 Å². The fourth-order valence-corrected chi connectivity index (χ4v) is 3.68. The first-order valence-corrected chi connectivity index (χ1v) is 10.1. The van der Waals surface area contributed by atoms with Crippen molar-refractivity contribution in [1.29, 1.82) is 0 Å². The van der Waals surface area contributed by atoms with Gasteiger partial charge in [-0.25, -0.2) is 4.98 Å². The Morgan fingerprint density at radius 3 is 2.52 bits per heavy atom. The molecule has 0 radical (unpaired) electrons. The Kier molecular flexibility index (Phi) is 9.12. The van der Waals surface area contributed by atoms with Crippen molar-refractivity contribution < 1.29 is 9.59 Å². The lowest BCUT2D eigenvalue weighted by Crippen LogP contribution is -2.51. The number of carbonyl (C=O) groups is 2. The van der Waals surface area contributed by atoms with Gasteiger partial charge in [0, 0.05) is 57.8 Å². The maximum atomic E-state index is 11.9. The van der Waals surface area contributed by atoms with Crippen LogP contribution in [-0.4, -0.2) is 66.9 Å². The van der Waals surface area contributed by atoms with Crippen LogP contribution in [0.1, 0.15) is 37.8 Å². The first kappa shape index (κ1) is 23.4. The van der Waals surface area contributed by atoms with Crippen molar-refractivity contribution >= 4 is 47.6 Å². The maximum Gasteiger partial charge on any atom is 0.229 e. The van der Waals surface area contributed by atoms with Crippen LogP contribution in [-0.2, 0) is 9.59 Å². The van der Waals surface area contributed by atoms with E-state index in [1.807, 2.05) is 19.1 Å². The van der Waals surface area contributed by atoms with Gasteiger partial charge in [0.15, 0.2) is 5.96 Å². The van der Waals surface area contributed by atoms with E-state index < -0.39 is 0 Å². The van der Waals surface area contributed by atoms with Gasteiger partial charge in [0.1, 0.15) is 5.82 Å². The molecule has 2 aliphatic heterocycles. The van der Waals surface area contributed by atoms with Crippen LogP contribution in [0.5, 0.6) is 0 Å². The number of hydrogen-bond acceptors (Lipinski definition) is 5. The lowest BCUT2D eigenvalue weighted by molar-refractivity contribution is -0.147. The second kappa shape index (κ2) is 11.3. The highest BCUT2D eigenvalue weighted by Gasteiger charge is 2.25. The van der Waals surface area contributed by atoms with Crippen molar-refractivity contribution in [3.63, 3.8) is 0 Å². The van der Waals surface area contributed by atoms with Crippen molar-refractivity contribution in [2.24, 2.45) is 4.99 Å². The number of anilines is 1. The Morgan fingerprint density at radius 1 is 1.21 bits per heavy atom. The van der Waals surface area contributed by atoms with Crippen LogP contribution in [0, 0.1) is 6.92 Å². The minimum atomic E-state index is -0.0712. The van der Waals surface area contributed by atoms with Gasteiger partial charge in [0.2, 0.25) is 11.8 Å². The summed E-state index contributed by atoms with van der Waals surface area (Å²) < 4.78 is 0. The third kappa shape index (κ3) is 6.55. The van der Waals surface area contributed by atoms with Gasteiger partial charge in [-0.3, -0.25) is 19.5 Å². The Bertz CT molecular complexity index is 717. The van der Waals surface area contributed by atoms with Gasteiger partial charge in [0.05, 0.1) is 0 Å². The number of nitrogens with one attached hydrogen (secondary N) is 2. The predicted octanol–water partition coefficient (Wildman–Crippen LogP) is 1.68. The smallest absolute Gasteiger partial charge is 0.229 e. The largest absolute Gasteiger partial charge is 0.356 e. The molecule has 29 heavy (non-hydrogen) atoms. The van der Waals surface area contributed by atoms with Gasteiger partial charge in [-0.1, -0.05) is 6.07 Å². The van der Waals surface area contributed by atoms with E-state index in [1.165, 1.54) is 4.90 Å². The highest BCUT2D eigenvalue weighted by Crippen LogP contribution is 2.18. The van der Waals surface area contributed by atoms with E-state index in [0.29, 0.717) is 44.4 Å². The Balaban J connectivity index is 0.00000300. The van der Waals surface area contributed by atoms with Gasteiger partial charge in [0.25, 0.3) is 0 Å².